The predicted molar refractivity (Wildman–Crippen MR) is 74.9 cm³/mol. The summed E-state index contributed by atoms with van der Waals surface area (Å²) >= 11 is 7.46. The molecule has 0 atom stereocenters. The van der Waals surface area contributed by atoms with Crippen LogP contribution in [-0.2, 0) is 6.42 Å². The monoisotopic (exact) mass is 289 g/mol. The summed E-state index contributed by atoms with van der Waals surface area (Å²) in [6, 6.07) is 7.90. The van der Waals surface area contributed by atoms with Crippen LogP contribution >= 0.6 is 22.9 Å². The lowest BCUT2D eigenvalue weighted by Gasteiger charge is -2.01. The van der Waals surface area contributed by atoms with E-state index in [1.807, 2.05) is 24.3 Å². The molecule has 0 saturated carbocycles. The van der Waals surface area contributed by atoms with Gasteiger partial charge >= 0.3 is 0 Å². The van der Waals surface area contributed by atoms with Crippen molar-refractivity contribution in [2.24, 2.45) is 0 Å². The van der Waals surface area contributed by atoms with Crippen molar-refractivity contribution in [3.63, 3.8) is 0 Å². The Labute approximate surface area is 118 Å². The molecule has 0 aliphatic rings. The summed E-state index contributed by atoms with van der Waals surface area (Å²) in [6.45, 7) is 0. The summed E-state index contributed by atoms with van der Waals surface area (Å²) in [4.78, 5) is 23.5. The third-order valence-corrected chi connectivity index (χ3v) is 4.03. The van der Waals surface area contributed by atoms with E-state index in [0.717, 1.165) is 15.2 Å². The molecular weight excluding hydrogens is 282 g/mol. The van der Waals surface area contributed by atoms with Gasteiger partial charge in [0.1, 0.15) is 11.5 Å². The molecule has 0 aliphatic heterocycles. The minimum Gasteiger partial charge on any atom is -0.298 e. The number of aromatic nitrogens is 3. The minimum absolute atomic E-state index is 0.182. The van der Waals surface area contributed by atoms with Crippen molar-refractivity contribution in [3.05, 3.63) is 52.0 Å². The average Bonchev–Trinajstić information content (AvgIpc) is 2.81. The van der Waals surface area contributed by atoms with Crippen molar-refractivity contribution >= 4 is 39.4 Å². The molecule has 0 fully saturated rings. The van der Waals surface area contributed by atoms with E-state index < -0.39 is 0 Å². The van der Waals surface area contributed by atoms with Crippen LogP contribution < -0.4 is 0 Å². The van der Waals surface area contributed by atoms with Crippen LogP contribution in [0.3, 0.4) is 0 Å². The van der Waals surface area contributed by atoms with Crippen molar-refractivity contribution in [1.82, 2.24) is 15.0 Å². The van der Waals surface area contributed by atoms with Gasteiger partial charge < -0.3 is 0 Å². The molecule has 0 spiro atoms. The van der Waals surface area contributed by atoms with Gasteiger partial charge in [-0.1, -0.05) is 23.7 Å². The van der Waals surface area contributed by atoms with Gasteiger partial charge in [0.05, 0.1) is 26.5 Å². The number of hydrogen-bond donors (Lipinski definition) is 0. The maximum Gasteiger partial charge on any atom is 0.155 e. The third-order valence-electron chi connectivity index (χ3n) is 2.69. The lowest BCUT2D eigenvalue weighted by atomic mass is 10.2. The lowest BCUT2D eigenvalue weighted by molar-refractivity contribution is 0.112. The van der Waals surface area contributed by atoms with Crippen LogP contribution in [0, 0.1) is 0 Å². The summed E-state index contributed by atoms with van der Waals surface area (Å²) in [6.07, 6.45) is 2.53. The highest BCUT2D eigenvalue weighted by atomic mass is 35.5. The first kappa shape index (κ1) is 12.2. The Bertz CT molecular complexity index is 723. The maximum absolute atomic E-state index is 11.0. The smallest absolute Gasteiger partial charge is 0.155 e. The fourth-order valence-corrected chi connectivity index (χ4v) is 2.97. The number of benzene rings is 1. The molecule has 3 rings (SSSR count). The molecular formula is C13H8ClN3OS. The standard InChI is InChI=1S/C13H8ClN3OS/c14-13-8(6-18)10(15-7-16-13)5-12-17-9-3-1-2-4-11(9)19-12/h1-4,6-7H,5H2. The van der Waals surface area contributed by atoms with Crippen LogP contribution in [-0.4, -0.2) is 21.2 Å². The molecule has 1 aromatic carbocycles. The zero-order valence-corrected chi connectivity index (χ0v) is 11.3. The largest absolute Gasteiger partial charge is 0.298 e. The van der Waals surface area contributed by atoms with Gasteiger partial charge in [-0.15, -0.1) is 11.3 Å². The molecule has 0 bridgehead atoms. The number of fused-ring (bicyclic) bond motifs is 1. The van der Waals surface area contributed by atoms with Crippen LogP contribution in [0.5, 0.6) is 0 Å². The van der Waals surface area contributed by atoms with Crippen LogP contribution in [0.2, 0.25) is 5.15 Å². The molecule has 19 heavy (non-hydrogen) atoms. The molecule has 2 heterocycles. The van der Waals surface area contributed by atoms with Gasteiger partial charge in [-0.3, -0.25) is 4.79 Å². The number of carbonyl (C=O) groups is 1. The summed E-state index contributed by atoms with van der Waals surface area (Å²) in [5.74, 6) is 0. The normalized spacial score (nSPS) is 10.8. The van der Waals surface area contributed by atoms with Crippen molar-refractivity contribution in [1.29, 1.82) is 0 Å². The van der Waals surface area contributed by atoms with Crippen LogP contribution in [0.15, 0.2) is 30.6 Å². The number of carbonyl (C=O) groups excluding carboxylic acids is 1. The Morgan fingerprint density at radius 1 is 1.26 bits per heavy atom. The Hall–Kier alpha value is -1.85. The number of aldehydes is 1. The second-order valence-corrected chi connectivity index (χ2v) is 5.37. The van der Waals surface area contributed by atoms with Crippen molar-refractivity contribution in [2.75, 3.05) is 0 Å². The second kappa shape index (κ2) is 5.03. The van der Waals surface area contributed by atoms with Gasteiger partial charge in [-0.25, -0.2) is 15.0 Å². The van der Waals surface area contributed by atoms with E-state index >= 15 is 0 Å². The van der Waals surface area contributed by atoms with E-state index in [-0.39, 0.29) is 5.15 Å². The SMILES string of the molecule is O=Cc1c(Cl)ncnc1Cc1nc2ccccc2s1. The van der Waals surface area contributed by atoms with Gasteiger partial charge in [0.2, 0.25) is 0 Å². The van der Waals surface area contributed by atoms with Crippen LogP contribution in [0.1, 0.15) is 21.1 Å². The Balaban J connectivity index is 2.01. The Morgan fingerprint density at radius 2 is 2.11 bits per heavy atom. The number of halogens is 1. The molecule has 0 radical (unpaired) electrons. The highest BCUT2D eigenvalue weighted by molar-refractivity contribution is 7.18. The van der Waals surface area contributed by atoms with E-state index in [1.54, 1.807) is 11.3 Å². The number of hydrogen-bond acceptors (Lipinski definition) is 5. The van der Waals surface area contributed by atoms with Gasteiger partial charge in [0.15, 0.2) is 6.29 Å². The zero-order valence-electron chi connectivity index (χ0n) is 9.71. The second-order valence-electron chi connectivity index (χ2n) is 3.89. The van der Waals surface area contributed by atoms with Crippen molar-refractivity contribution in [3.8, 4) is 0 Å². The van der Waals surface area contributed by atoms with Crippen LogP contribution in [0.25, 0.3) is 10.2 Å². The number of rotatable bonds is 3. The quantitative estimate of drug-likeness (QED) is 0.549. The summed E-state index contributed by atoms with van der Waals surface area (Å²) in [5, 5.41) is 1.08. The molecule has 0 saturated heterocycles. The molecule has 94 valence electrons. The third kappa shape index (κ3) is 2.34. The van der Waals surface area contributed by atoms with Gasteiger partial charge in [-0.2, -0.15) is 0 Å². The zero-order chi connectivity index (χ0) is 13.2. The molecule has 4 nitrogen and oxygen atoms in total. The minimum atomic E-state index is 0.182. The van der Waals surface area contributed by atoms with E-state index in [9.17, 15) is 4.79 Å². The first-order chi connectivity index (χ1) is 9.28. The predicted octanol–water partition coefficient (Wildman–Crippen LogP) is 3.14. The molecule has 3 aromatic rings. The summed E-state index contributed by atoms with van der Waals surface area (Å²) in [7, 11) is 0. The lowest BCUT2D eigenvalue weighted by Crippen LogP contribution is -2.00. The Morgan fingerprint density at radius 3 is 2.89 bits per heavy atom. The maximum atomic E-state index is 11.0. The molecule has 0 amide bonds. The fraction of sp³-hybridized carbons (Fsp3) is 0.0769. The number of para-hydroxylation sites is 1. The highest BCUT2D eigenvalue weighted by Crippen LogP contribution is 2.24. The van der Waals surface area contributed by atoms with E-state index in [0.29, 0.717) is 24.0 Å². The van der Waals surface area contributed by atoms with E-state index in [2.05, 4.69) is 15.0 Å². The first-order valence-corrected chi connectivity index (χ1v) is 6.76. The van der Waals surface area contributed by atoms with Gasteiger partial charge in [-0.05, 0) is 12.1 Å². The van der Waals surface area contributed by atoms with Gasteiger partial charge in [0, 0.05) is 6.42 Å². The highest BCUT2D eigenvalue weighted by Gasteiger charge is 2.12. The number of nitrogens with zero attached hydrogens (tertiary/aromatic N) is 3. The topological polar surface area (TPSA) is 55.7 Å². The average molecular weight is 290 g/mol. The van der Waals surface area contributed by atoms with E-state index in [1.165, 1.54) is 6.33 Å². The van der Waals surface area contributed by atoms with Crippen molar-refractivity contribution in [2.45, 2.75) is 6.42 Å². The fourth-order valence-electron chi connectivity index (χ4n) is 1.80. The van der Waals surface area contributed by atoms with E-state index in [4.69, 9.17) is 11.6 Å². The van der Waals surface area contributed by atoms with Crippen molar-refractivity contribution < 1.29 is 4.79 Å². The summed E-state index contributed by atoms with van der Waals surface area (Å²) < 4.78 is 1.12. The molecule has 0 unspecified atom stereocenters. The number of thiazole rings is 1. The summed E-state index contributed by atoms with van der Waals surface area (Å²) in [5.41, 5.74) is 1.90. The first-order valence-electron chi connectivity index (χ1n) is 5.57. The van der Waals surface area contributed by atoms with Gasteiger partial charge in [0.25, 0.3) is 0 Å². The molecule has 6 heteroatoms. The Kier molecular flexibility index (Phi) is 3.23. The van der Waals surface area contributed by atoms with Crippen LogP contribution in [0.4, 0.5) is 0 Å². The molecule has 2 aromatic heterocycles. The molecule has 0 N–H and O–H groups in total. The molecule has 0 aliphatic carbocycles.